The highest BCUT2D eigenvalue weighted by Gasteiger charge is 2.14. The molecule has 2 aromatic rings. The van der Waals surface area contributed by atoms with Crippen molar-refractivity contribution in [2.75, 3.05) is 0 Å². The molecule has 1 aromatic carbocycles. The van der Waals surface area contributed by atoms with Crippen LogP contribution in [-0.4, -0.2) is 22.0 Å². The predicted octanol–water partition coefficient (Wildman–Crippen LogP) is 1.95. The van der Waals surface area contributed by atoms with Crippen LogP contribution < -0.4 is 5.32 Å². The summed E-state index contributed by atoms with van der Waals surface area (Å²) in [7, 11) is 0. The van der Waals surface area contributed by atoms with Crippen LogP contribution >= 0.6 is 11.3 Å². The molecule has 0 saturated heterocycles. The Kier molecular flexibility index (Phi) is 4.30. The number of carboxylic acids is 1. The lowest BCUT2D eigenvalue weighted by Crippen LogP contribution is -2.22. The Bertz CT molecular complexity index is 729. The van der Waals surface area contributed by atoms with Gasteiger partial charge >= 0.3 is 5.97 Å². The average molecular weight is 301 g/mol. The fraction of sp³-hybridized carbons (Fsp3) is 0.143. The Hall–Kier alpha value is -2.72. The van der Waals surface area contributed by atoms with Crippen molar-refractivity contribution in [1.29, 1.82) is 5.26 Å². The molecule has 1 aromatic heterocycles. The molecule has 2 rings (SSSR count). The van der Waals surface area contributed by atoms with Crippen molar-refractivity contribution in [3.63, 3.8) is 0 Å². The van der Waals surface area contributed by atoms with E-state index in [0.29, 0.717) is 21.8 Å². The number of nitrogens with one attached hydrogen (secondary N) is 1. The van der Waals surface area contributed by atoms with Crippen LogP contribution in [0, 0.1) is 18.3 Å². The fourth-order valence-electron chi connectivity index (χ4n) is 1.68. The molecular weight excluding hydrogens is 290 g/mol. The molecule has 1 amide bonds. The zero-order valence-electron chi connectivity index (χ0n) is 11.1. The molecule has 0 aliphatic rings. The third-order valence-electron chi connectivity index (χ3n) is 2.71. The van der Waals surface area contributed by atoms with Gasteiger partial charge < -0.3 is 10.4 Å². The lowest BCUT2D eigenvalue weighted by Gasteiger charge is -2.02. The van der Waals surface area contributed by atoms with Gasteiger partial charge in [0.15, 0.2) is 0 Å². The fourth-order valence-corrected chi connectivity index (χ4v) is 2.52. The maximum absolute atomic E-state index is 11.9. The largest absolute Gasteiger partial charge is 0.477 e. The molecular formula is C14H11N3O3S. The van der Waals surface area contributed by atoms with Crippen LogP contribution in [0.3, 0.4) is 0 Å². The minimum atomic E-state index is -1.02. The number of rotatable bonds is 4. The molecule has 106 valence electrons. The quantitative estimate of drug-likeness (QED) is 0.898. The molecule has 0 unspecified atom stereocenters. The van der Waals surface area contributed by atoms with E-state index in [1.165, 1.54) is 0 Å². The highest BCUT2D eigenvalue weighted by molar-refractivity contribution is 7.13. The summed E-state index contributed by atoms with van der Waals surface area (Å²) < 4.78 is 0. The van der Waals surface area contributed by atoms with E-state index in [4.69, 9.17) is 10.4 Å². The molecule has 2 N–H and O–H groups in total. The first-order chi connectivity index (χ1) is 10.0. The van der Waals surface area contributed by atoms with Crippen LogP contribution in [0.4, 0.5) is 0 Å². The van der Waals surface area contributed by atoms with Crippen LogP contribution in [0.1, 0.15) is 36.3 Å². The van der Waals surface area contributed by atoms with Gasteiger partial charge in [0.1, 0.15) is 9.88 Å². The number of aromatic carboxylic acids is 1. The van der Waals surface area contributed by atoms with Crippen molar-refractivity contribution in [2.45, 2.75) is 13.5 Å². The van der Waals surface area contributed by atoms with E-state index >= 15 is 0 Å². The molecule has 0 atom stereocenters. The lowest BCUT2D eigenvalue weighted by atomic mass is 10.1. The van der Waals surface area contributed by atoms with Gasteiger partial charge in [0, 0.05) is 5.56 Å². The molecule has 0 saturated carbocycles. The summed E-state index contributed by atoms with van der Waals surface area (Å²) >= 11 is 1.04. The standard InChI is InChI=1S/C14H11N3O3S/c1-8-12(14(19)20)21-11(17-8)7-16-13(18)10-4-2-9(6-15)3-5-10/h2-5H,7H2,1H3,(H,16,18)(H,19,20). The first-order valence-electron chi connectivity index (χ1n) is 5.99. The van der Waals surface area contributed by atoms with Gasteiger partial charge in [-0.1, -0.05) is 0 Å². The number of hydrogen-bond acceptors (Lipinski definition) is 5. The summed E-state index contributed by atoms with van der Waals surface area (Å²) in [5, 5.41) is 20.8. The van der Waals surface area contributed by atoms with E-state index in [1.807, 2.05) is 6.07 Å². The van der Waals surface area contributed by atoms with E-state index in [2.05, 4.69) is 10.3 Å². The van der Waals surface area contributed by atoms with Gasteiger partial charge in [-0.15, -0.1) is 11.3 Å². The topological polar surface area (TPSA) is 103 Å². The Morgan fingerprint density at radius 3 is 2.57 bits per heavy atom. The van der Waals surface area contributed by atoms with Crippen molar-refractivity contribution in [2.24, 2.45) is 0 Å². The number of carboxylic acid groups (broad SMARTS) is 1. The molecule has 1 heterocycles. The molecule has 0 bridgehead atoms. The van der Waals surface area contributed by atoms with Crippen molar-refractivity contribution in [3.05, 3.63) is 51.0 Å². The first kappa shape index (κ1) is 14.7. The normalized spacial score (nSPS) is 9.90. The van der Waals surface area contributed by atoms with Crippen LogP contribution in [-0.2, 0) is 6.54 Å². The van der Waals surface area contributed by atoms with Crippen LogP contribution in [0.5, 0.6) is 0 Å². The maximum Gasteiger partial charge on any atom is 0.347 e. The maximum atomic E-state index is 11.9. The second kappa shape index (κ2) is 6.15. The Balaban J connectivity index is 2.02. The Morgan fingerprint density at radius 2 is 2.05 bits per heavy atom. The number of benzene rings is 1. The predicted molar refractivity (Wildman–Crippen MR) is 76.1 cm³/mol. The summed E-state index contributed by atoms with van der Waals surface area (Å²) in [5.41, 5.74) is 1.35. The van der Waals surface area contributed by atoms with Crippen LogP contribution in [0.2, 0.25) is 0 Å². The molecule has 21 heavy (non-hydrogen) atoms. The molecule has 0 aliphatic carbocycles. The lowest BCUT2D eigenvalue weighted by molar-refractivity contribution is 0.0701. The van der Waals surface area contributed by atoms with Crippen molar-refractivity contribution in [1.82, 2.24) is 10.3 Å². The number of amides is 1. The number of thiazole rings is 1. The van der Waals surface area contributed by atoms with Gasteiger partial charge in [-0.25, -0.2) is 9.78 Å². The zero-order chi connectivity index (χ0) is 15.4. The third kappa shape index (κ3) is 3.43. The molecule has 0 radical (unpaired) electrons. The van der Waals surface area contributed by atoms with Crippen LogP contribution in [0.25, 0.3) is 0 Å². The minimum Gasteiger partial charge on any atom is -0.477 e. The Morgan fingerprint density at radius 1 is 1.38 bits per heavy atom. The van der Waals surface area contributed by atoms with E-state index in [0.717, 1.165) is 11.3 Å². The minimum absolute atomic E-state index is 0.164. The van der Waals surface area contributed by atoms with E-state index in [-0.39, 0.29) is 17.3 Å². The monoisotopic (exact) mass is 301 g/mol. The second-order valence-electron chi connectivity index (χ2n) is 4.20. The highest BCUT2D eigenvalue weighted by Crippen LogP contribution is 2.17. The van der Waals surface area contributed by atoms with Crippen molar-refractivity contribution >= 4 is 23.2 Å². The van der Waals surface area contributed by atoms with Gasteiger partial charge in [-0.05, 0) is 31.2 Å². The highest BCUT2D eigenvalue weighted by atomic mass is 32.1. The summed E-state index contributed by atoms with van der Waals surface area (Å²) in [5.74, 6) is -1.32. The van der Waals surface area contributed by atoms with Gasteiger partial charge in [0.25, 0.3) is 5.91 Å². The van der Waals surface area contributed by atoms with Crippen molar-refractivity contribution < 1.29 is 14.7 Å². The second-order valence-corrected chi connectivity index (χ2v) is 5.28. The number of hydrogen-bond donors (Lipinski definition) is 2. The van der Waals surface area contributed by atoms with E-state index < -0.39 is 5.97 Å². The summed E-state index contributed by atoms with van der Waals surface area (Å²) in [6.07, 6.45) is 0. The summed E-state index contributed by atoms with van der Waals surface area (Å²) in [4.78, 5) is 27.1. The summed E-state index contributed by atoms with van der Waals surface area (Å²) in [6, 6.07) is 8.21. The van der Waals surface area contributed by atoms with Crippen molar-refractivity contribution in [3.8, 4) is 6.07 Å². The number of aryl methyl sites for hydroxylation is 1. The van der Waals surface area contributed by atoms with Gasteiger partial charge in [-0.2, -0.15) is 5.26 Å². The number of aromatic nitrogens is 1. The van der Waals surface area contributed by atoms with Crippen LogP contribution in [0.15, 0.2) is 24.3 Å². The molecule has 0 spiro atoms. The van der Waals surface area contributed by atoms with E-state index in [9.17, 15) is 9.59 Å². The number of carbonyl (C=O) groups is 2. The SMILES string of the molecule is Cc1nc(CNC(=O)c2ccc(C#N)cc2)sc1C(=O)O. The number of nitriles is 1. The smallest absolute Gasteiger partial charge is 0.347 e. The third-order valence-corrected chi connectivity index (χ3v) is 3.86. The van der Waals surface area contributed by atoms with Gasteiger partial charge in [0.2, 0.25) is 0 Å². The zero-order valence-corrected chi connectivity index (χ0v) is 11.9. The molecule has 0 aliphatic heterocycles. The molecule has 6 nitrogen and oxygen atoms in total. The summed E-state index contributed by atoms with van der Waals surface area (Å²) in [6.45, 7) is 1.78. The van der Waals surface area contributed by atoms with E-state index in [1.54, 1.807) is 31.2 Å². The molecule has 0 fully saturated rings. The first-order valence-corrected chi connectivity index (χ1v) is 6.81. The molecule has 7 heteroatoms. The number of carbonyl (C=O) groups excluding carboxylic acids is 1. The van der Waals surface area contributed by atoms with Gasteiger partial charge in [0.05, 0.1) is 23.9 Å². The average Bonchev–Trinajstić information content (AvgIpc) is 2.86. The van der Waals surface area contributed by atoms with Gasteiger partial charge in [-0.3, -0.25) is 4.79 Å². The Labute approximate surface area is 124 Å². The number of nitrogens with zero attached hydrogens (tertiary/aromatic N) is 2.